The second-order valence-electron chi connectivity index (χ2n) is 10.6. The lowest BCUT2D eigenvalue weighted by molar-refractivity contribution is -0.131. The Hall–Kier alpha value is -2.72. The van der Waals surface area contributed by atoms with Crippen molar-refractivity contribution in [1.82, 2.24) is 15.1 Å². The number of piperidine rings is 1. The lowest BCUT2D eigenvalue weighted by Crippen LogP contribution is -2.50. The Kier molecular flexibility index (Phi) is 10.3. The molecule has 39 heavy (non-hydrogen) atoms. The summed E-state index contributed by atoms with van der Waals surface area (Å²) in [7, 11) is -1.84. The highest BCUT2D eigenvalue weighted by Crippen LogP contribution is 2.33. The Morgan fingerprint density at radius 2 is 2.00 bits per heavy atom. The third-order valence-electron chi connectivity index (χ3n) is 7.16. The third-order valence-corrected chi connectivity index (χ3v) is 7.41. The van der Waals surface area contributed by atoms with Crippen molar-refractivity contribution in [1.29, 1.82) is 5.26 Å². The van der Waals surface area contributed by atoms with E-state index in [9.17, 15) is 33.7 Å². The number of nitrogens with one attached hydrogen (secondary N) is 1. The van der Waals surface area contributed by atoms with Crippen molar-refractivity contribution >= 4 is 30.7 Å². The van der Waals surface area contributed by atoms with Crippen LogP contribution in [0, 0.1) is 11.3 Å². The van der Waals surface area contributed by atoms with Gasteiger partial charge in [0.2, 0.25) is 0 Å². The molecule has 13 heteroatoms. The van der Waals surface area contributed by atoms with E-state index in [1.807, 2.05) is 6.07 Å². The Bertz CT molecular complexity index is 1100. The summed E-state index contributed by atoms with van der Waals surface area (Å²) in [6.07, 6.45) is 2.42. The van der Waals surface area contributed by atoms with Crippen LogP contribution in [0.4, 0.5) is 13.6 Å². The second kappa shape index (κ2) is 13.1. The minimum Gasteiger partial charge on any atom is -0.447 e. The number of likely N-dealkylation sites (tertiary alicyclic amines) is 2. The van der Waals surface area contributed by atoms with E-state index in [0.29, 0.717) is 24.4 Å². The quantitative estimate of drug-likeness (QED) is 0.238. The van der Waals surface area contributed by atoms with Crippen molar-refractivity contribution in [3.63, 3.8) is 0 Å². The highest BCUT2D eigenvalue weighted by atomic mass is 35.5. The van der Waals surface area contributed by atoms with Gasteiger partial charge in [-0.05, 0) is 63.3 Å². The van der Waals surface area contributed by atoms with Crippen molar-refractivity contribution in [2.24, 2.45) is 0 Å². The molecule has 3 rings (SSSR count). The molecule has 2 heterocycles. The summed E-state index contributed by atoms with van der Waals surface area (Å²) >= 11 is 5.88. The zero-order valence-corrected chi connectivity index (χ0v) is 22.8. The first kappa shape index (κ1) is 30.8. The number of nitrogens with zero attached hydrogens (tertiary/aromatic N) is 3. The maximum atomic E-state index is 13.8. The number of hydrogen-bond donors (Lipinski definition) is 3. The van der Waals surface area contributed by atoms with Gasteiger partial charge in [0, 0.05) is 30.1 Å². The fraction of sp³-hybridized carbons (Fsp3) is 0.577. The molecule has 2 fully saturated rings. The maximum absolute atomic E-state index is 13.8. The normalized spacial score (nSPS) is 20.7. The van der Waals surface area contributed by atoms with Gasteiger partial charge in [0.1, 0.15) is 18.2 Å². The average molecular weight is 567 g/mol. The van der Waals surface area contributed by atoms with Crippen LogP contribution in [0.2, 0.25) is 5.02 Å². The lowest BCUT2D eigenvalue weighted by Gasteiger charge is -2.36. The van der Waals surface area contributed by atoms with Crippen molar-refractivity contribution < 1.29 is 33.2 Å². The molecular formula is C26H34BClF2N4O5. The summed E-state index contributed by atoms with van der Waals surface area (Å²) < 4.78 is 32.9. The fourth-order valence-corrected chi connectivity index (χ4v) is 5.01. The van der Waals surface area contributed by atoms with Crippen LogP contribution in [0.5, 0.6) is 0 Å². The van der Waals surface area contributed by atoms with E-state index >= 15 is 0 Å². The molecule has 1 aromatic carbocycles. The molecule has 1 aromatic rings. The van der Waals surface area contributed by atoms with Gasteiger partial charge in [-0.25, -0.2) is 13.6 Å². The molecule has 2 aliphatic heterocycles. The van der Waals surface area contributed by atoms with Crippen molar-refractivity contribution in [2.75, 3.05) is 26.2 Å². The largest absolute Gasteiger partial charge is 0.475 e. The summed E-state index contributed by atoms with van der Waals surface area (Å²) in [5.41, 5.74) is -0.372. The van der Waals surface area contributed by atoms with Gasteiger partial charge in [-0.3, -0.25) is 9.69 Å². The zero-order valence-electron chi connectivity index (χ0n) is 22.1. The number of carbonyl (C=O) groups is 2. The number of nitriles is 1. The molecular weight excluding hydrogens is 533 g/mol. The predicted molar refractivity (Wildman–Crippen MR) is 142 cm³/mol. The van der Waals surface area contributed by atoms with Gasteiger partial charge in [-0.2, -0.15) is 5.26 Å². The summed E-state index contributed by atoms with van der Waals surface area (Å²) in [6, 6.07) is 8.12. The molecule has 0 aliphatic carbocycles. The van der Waals surface area contributed by atoms with Crippen LogP contribution in [0.1, 0.15) is 45.1 Å². The van der Waals surface area contributed by atoms with Gasteiger partial charge in [0.05, 0.1) is 18.5 Å². The third kappa shape index (κ3) is 8.63. The molecule has 0 bridgehead atoms. The van der Waals surface area contributed by atoms with E-state index in [1.165, 1.54) is 11.0 Å². The van der Waals surface area contributed by atoms with Gasteiger partial charge < -0.3 is 25.0 Å². The fourth-order valence-electron chi connectivity index (χ4n) is 4.88. The van der Waals surface area contributed by atoms with Gasteiger partial charge in [-0.1, -0.05) is 23.7 Å². The van der Waals surface area contributed by atoms with E-state index in [1.54, 1.807) is 43.0 Å². The predicted octanol–water partition coefficient (Wildman–Crippen LogP) is 2.94. The number of amides is 2. The van der Waals surface area contributed by atoms with E-state index < -0.39 is 49.1 Å². The van der Waals surface area contributed by atoms with Gasteiger partial charge in [0.15, 0.2) is 0 Å². The molecule has 2 atom stereocenters. The summed E-state index contributed by atoms with van der Waals surface area (Å²) in [5, 5.41) is 32.1. The Labute approximate surface area is 232 Å². The van der Waals surface area contributed by atoms with Gasteiger partial charge in [-0.15, -0.1) is 0 Å². The first-order chi connectivity index (χ1) is 18.3. The van der Waals surface area contributed by atoms with Gasteiger partial charge >= 0.3 is 13.2 Å². The van der Waals surface area contributed by atoms with Crippen LogP contribution in [0.15, 0.2) is 35.9 Å². The van der Waals surface area contributed by atoms with Crippen LogP contribution >= 0.6 is 11.6 Å². The first-order valence-electron chi connectivity index (χ1n) is 12.9. The smallest absolute Gasteiger partial charge is 0.447 e. The monoisotopic (exact) mass is 566 g/mol. The molecule has 0 aromatic heterocycles. The molecule has 0 saturated carbocycles. The van der Waals surface area contributed by atoms with Crippen molar-refractivity contribution in [3.8, 4) is 6.07 Å². The zero-order chi connectivity index (χ0) is 28.8. The highest BCUT2D eigenvalue weighted by Gasteiger charge is 2.43. The number of carbonyl (C=O) groups excluding carboxylic acids is 2. The molecule has 9 nitrogen and oxygen atoms in total. The molecule has 0 unspecified atom stereocenters. The van der Waals surface area contributed by atoms with Gasteiger partial charge in [0.25, 0.3) is 11.8 Å². The van der Waals surface area contributed by atoms with Crippen molar-refractivity contribution in [2.45, 2.75) is 69.4 Å². The van der Waals surface area contributed by atoms with Crippen LogP contribution < -0.4 is 5.32 Å². The van der Waals surface area contributed by atoms with Crippen LogP contribution in [0.3, 0.4) is 0 Å². The molecule has 212 valence electrons. The molecule has 0 radical (unpaired) electrons. The Balaban J connectivity index is 1.62. The summed E-state index contributed by atoms with van der Waals surface area (Å²) in [4.78, 5) is 28.9. The van der Waals surface area contributed by atoms with E-state index in [2.05, 4.69) is 5.32 Å². The molecule has 0 spiro atoms. The van der Waals surface area contributed by atoms with E-state index in [-0.39, 0.29) is 31.6 Å². The topological polar surface area (TPSA) is 126 Å². The second-order valence-corrected chi connectivity index (χ2v) is 11.0. The molecule has 2 amide bonds. The molecule has 2 saturated heterocycles. The Morgan fingerprint density at radius 3 is 2.59 bits per heavy atom. The van der Waals surface area contributed by atoms with E-state index in [4.69, 9.17) is 16.3 Å². The summed E-state index contributed by atoms with van der Waals surface area (Å²) in [5.74, 6) is -4.40. The van der Waals surface area contributed by atoms with E-state index in [0.717, 1.165) is 12.0 Å². The van der Waals surface area contributed by atoms with Crippen LogP contribution in [-0.2, 0) is 16.0 Å². The number of rotatable bonds is 9. The minimum atomic E-state index is -2.81. The van der Waals surface area contributed by atoms with Crippen molar-refractivity contribution in [3.05, 3.63) is 46.5 Å². The molecule has 2 aliphatic rings. The SMILES string of the molecule is CC(C)(C=C(C#N)C(=O)N1CCCC[C@@H]1COC(=O)N[C@@H](Cc1ccc(Cl)cc1)B(O)O)N1CCC(F)(F)C1. The van der Waals surface area contributed by atoms with Crippen LogP contribution in [-0.4, -0.2) is 88.7 Å². The lowest BCUT2D eigenvalue weighted by atomic mass is 9.76. The number of hydrogen-bond acceptors (Lipinski definition) is 7. The number of ether oxygens (including phenoxy) is 1. The Morgan fingerprint density at radius 1 is 1.31 bits per heavy atom. The summed E-state index contributed by atoms with van der Waals surface area (Å²) in [6.45, 7) is 3.28. The number of benzene rings is 1. The highest BCUT2D eigenvalue weighted by molar-refractivity contribution is 6.43. The van der Waals surface area contributed by atoms with Crippen LogP contribution in [0.25, 0.3) is 0 Å². The standard InChI is InChI=1S/C26H34BClF2N4O5/c1-25(2,33-12-10-26(29,30)17-33)14-19(15-31)23(35)34-11-4-3-5-21(34)16-39-24(36)32-22(27(37)38)13-18-6-8-20(28)9-7-18/h6-9,14,21-22,37-38H,3-5,10-13,16-17H2,1-2H3,(H,32,36)/t21-,22+/m1/s1. The maximum Gasteiger partial charge on any atom is 0.475 e. The first-order valence-corrected chi connectivity index (χ1v) is 13.3. The number of halogens is 3. The molecule has 3 N–H and O–H groups in total. The average Bonchev–Trinajstić information content (AvgIpc) is 3.27. The minimum absolute atomic E-state index is 0.118. The number of alkyl carbamates (subject to hydrolysis) is 1. The number of alkyl halides is 2.